The Kier molecular flexibility index (Phi) is 5.01. The zero-order valence-electron chi connectivity index (χ0n) is 16.1. The maximum absolute atomic E-state index is 12.2. The van der Waals surface area contributed by atoms with E-state index in [2.05, 4.69) is 15.2 Å². The number of amides is 1. The SMILES string of the molecule is C[C@H]1CN(c2c(N)cnc3c2CCC3)C[C@@H](NC(=O)OC(C)(C)C)[C@@H]1O. The normalized spacial score (nSPS) is 25.7. The van der Waals surface area contributed by atoms with Crippen molar-refractivity contribution in [3.05, 3.63) is 17.5 Å². The highest BCUT2D eigenvalue weighted by Crippen LogP contribution is 2.36. The van der Waals surface area contributed by atoms with E-state index >= 15 is 0 Å². The molecule has 1 fully saturated rings. The summed E-state index contributed by atoms with van der Waals surface area (Å²) in [5, 5.41) is 13.4. The Balaban J connectivity index is 1.81. The zero-order chi connectivity index (χ0) is 19.1. The minimum absolute atomic E-state index is 0.00620. The molecule has 4 N–H and O–H groups in total. The molecule has 1 amide bonds. The Morgan fingerprint density at radius 2 is 2.12 bits per heavy atom. The van der Waals surface area contributed by atoms with Crippen LogP contribution < -0.4 is 16.0 Å². The molecule has 0 bridgehead atoms. The summed E-state index contributed by atoms with van der Waals surface area (Å²) >= 11 is 0. The molecule has 144 valence electrons. The number of carbonyl (C=O) groups is 1. The van der Waals surface area contributed by atoms with Crippen molar-refractivity contribution in [2.75, 3.05) is 23.7 Å². The Morgan fingerprint density at radius 1 is 1.38 bits per heavy atom. The molecule has 0 radical (unpaired) electrons. The molecule has 1 saturated heterocycles. The number of alkyl carbamates (subject to hydrolysis) is 1. The van der Waals surface area contributed by atoms with Gasteiger partial charge in [0.1, 0.15) is 5.60 Å². The molecule has 0 unspecified atom stereocenters. The third-order valence-corrected chi connectivity index (χ3v) is 5.05. The van der Waals surface area contributed by atoms with Gasteiger partial charge in [0.25, 0.3) is 0 Å². The average molecular weight is 362 g/mol. The van der Waals surface area contributed by atoms with E-state index < -0.39 is 23.8 Å². The number of fused-ring (bicyclic) bond motifs is 1. The second kappa shape index (κ2) is 6.95. The van der Waals surface area contributed by atoms with Gasteiger partial charge in [0, 0.05) is 24.7 Å². The van der Waals surface area contributed by atoms with E-state index in [9.17, 15) is 9.90 Å². The Bertz CT molecular complexity index is 686. The number of aliphatic hydroxyl groups excluding tert-OH is 1. The van der Waals surface area contributed by atoms with Gasteiger partial charge in [-0.05, 0) is 45.6 Å². The van der Waals surface area contributed by atoms with Crippen molar-refractivity contribution in [3.8, 4) is 0 Å². The van der Waals surface area contributed by atoms with Crippen molar-refractivity contribution in [2.45, 2.75) is 64.7 Å². The first kappa shape index (κ1) is 18.8. The fraction of sp³-hybridized carbons (Fsp3) is 0.684. The van der Waals surface area contributed by atoms with Gasteiger partial charge in [-0.15, -0.1) is 0 Å². The van der Waals surface area contributed by atoms with Gasteiger partial charge in [-0.25, -0.2) is 4.79 Å². The van der Waals surface area contributed by atoms with Crippen LogP contribution in [-0.2, 0) is 17.6 Å². The molecule has 1 aliphatic heterocycles. The first-order valence-electron chi connectivity index (χ1n) is 9.34. The average Bonchev–Trinajstić information content (AvgIpc) is 2.98. The molecule has 1 aliphatic carbocycles. The molecule has 0 saturated carbocycles. The molecule has 2 heterocycles. The van der Waals surface area contributed by atoms with Crippen LogP contribution in [0, 0.1) is 5.92 Å². The van der Waals surface area contributed by atoms with E-state index in [1.54, 1.807) is 6.20 Å². The van der Waals surface area contributed by atoms with Crippen molar-refractivity contribution in [2.24, 2.45) is 5.92 Å². The standard InChI is InChI=1S/C19H30N4O3/c1-11-9-23(16-12-6-5-7-14(12)21-8-13(16)20)10-15(17(11)24)22-18(25)26-19(2,3)4/h8,11,15,17,24H,5-7,9-10,20H2,1-4H3,(H,22,25)/t11-,15+,17+/m0/s1. The summed E-state index contributed by atoms with van der Waals surface area (Å²) in [5.74, 6) is -0.00620. The molecule has 1 aromatic rings. The molecule has 3 rings (SSSR count). The lowest BCUT2D eigenvalue weighted by Crippen LogP contribution is -2.59. The summed E-state index contributed by atoms with van der Waals surface area (Å²) in [6, 6.07) is -0.418. The Morgan fingerprint density at radius 3 is 2.81 bits per heavy atom. The highest BCUT2D eigenvalue weighted by Gasteiger charge is 2.37. The number of hydrogen-bond donors (Lipinski definition) is 3. The predicted octanol–water partition coefficient (Wildman–Crippen LogP) is 1.86. The Labute approximate surface area is 154 Å². The zero-order valence-corrected chi connectivity index (χ0v) is 16.1. The van der Waals surface area contributed by atoms with Crippen molar-refractivity contribution in [3.63, 3.8) is 0 Å². The number of aryl methyl sites for hydroxylation is 1. The van der Waals surface area contributed by atoms with Crippen molar-refractivity contribution < 1.29 is 14.6 Å². The molecule has 2 aliphatic rings. The van der Waals surface area contributed by atoms with Crippen LogP contribution in [0.5, 0.6) is 0 Å². The van der Waals surface area contributed by atoms with Crippen LogP contribution in [0.25, 0.3) is 0 Å². The number of rotatable bonds is 2. The largest absolute Gasteiger partial charge is 0.444 e. The molecule has 1 aromatic heterocycles. The first-order valence-corrected chi connectivity index (χ1v) is 9.34. The van der Waals surface area contributed by atoms with E-state index in [4.69, 9.17) is 10.5 Å². The fourth-order valence-electron chi connectivity index (χ4n) is 3.93. The summed E-state index contributed by atoms with van der Waals surface area (Å²) in [5.41, 5.74) is 9.68. The van der Waals surface area contributed by atoms with Gasteiger partial charge >= 0.3 is 6.09 Å². The van der Waals surface area contributed by atoms with E-state index in [1.165, 1.54) is 5.56 Å². The molecule has 26 heavy (non-hydrogen) atoms. The highest BCUT2D eigenvalue weighted by atomic mass is 16.6. The van der Waals surface area contributed by atoms with E-state index in [-0.39, 0.29) is 5.92 Å². The number of anilines is 2. The molecule has 3 atom stereocenters. The summed E-state index contributed by atoms with van der Waals surface area (Å²) in [7, 11) is 0. The summed E-state index contributed by atoms with van der Waals surface area (Å²) in [4.78, 5) is 18.8. The number of aliphatic hydroxyl groups is 1. The second-order valence-electron chi connectivity index (χ2n) is 8.47. The predicted molar refractivity (Wildman–Crippen MR) is 101 cm³/mol. The number of nitrogens with zero attached hydrogens (tertiary/aromatic N) is 2. The third kappa shape index (κ3) is 3.87. The number of nitrogens with two attached hydrogens (primary N) is 1. The maximum atomic E-state index is 12.2. The minimum atomic E-state index is -0.630. The fourth-order valence-corrected chi connectivity index (χ4v) is 3.93. The van der Waals surface area contributed by atoms with Crippen LogP contribution >= 0.6 is 0 Å². The van der Waals surface area contributed by atoms with E-state index in [1.807, 2.05) is 27.7 Å². The van der Waals surface area contributed by atoms with Crippen LogP contribution in [0.3, 0.4) is 0 Å². The van der Waals surface area contributed by atoms with Crippen molar-refractivity contribution in [1.29, 1.82) is 0 Å². The lowest BCUT2D eigenvalue weighted by molar-refractivity contribution is 0.0303. The van der Waals surface area contributed by atoms with Gasteiger partial charge in [-0.3, -0.25) is 4.98 Å². The van der Waals surface area contributed by atoms with Gasteiger partial charge in [0.05, 0.1) is 29.7 Å². The lowest BCUT2D eigenvalue weighted by atomic mass is 9.91. The van der Waals surface area contributed by atoms with Crippen LogP contribution in [0.2, 0.25) is 0 Å². The van der Waals surface area contributed by atoms with Crippen molar-refractivity contribution >= 4 is 17.5 Å². The summed E-state index contributed by atoms with van der Waals surface area (Å²) in [6.07, 6.45) is 3.63. The first-order chi connectivity index (χ1) is 12.2. The molecule has 7 heteroatoms. The minimum Gasteiger partial charge on any atom is -0.444 e. The van der Waals surface area contributed by atoms with Crippen LogP contribution in [0.15, 0.2) is 6.20 Å². The number of nitrogen functional groups attached to an aromatic ring is 1. The number of pyridine rings is 1. The topological polar surface area (TPSA) is 101 Å². The molecular weight excluding hydrogens is 332 g/mol. The highest BCUT2D eigenvalue weighted by molar-refractivity contribution is 5.73. The second-order valence-corrected chi connectivity index (χ2v) is 8.47. The van der Waals surface area contributed by atoms with Crippen LogP contribution in [-0.4, -0.2) is 47.0 Å². The number of carbonyl (C=O) groups excluding carboxylic acids is 1. The van der Waals surface area contributed by atoms with Gasteiger partial charge in [-0.2, -0.15) is 0 Å². The quantitative estimate of drug-likeness (QED) is 0.742. The third-order valence-electron chi connectivity index (χ3n) is 5.05. The van der Waals surface area contributed by atoms with Crippen LogP contribution in [0.4, 0.5) is 16.2 Å². The van der Waals surface area contributed by atoms with Crippen LogP contribution in [0.1, 0.15) is 45.4 Å². The summed E-state index contributed by atoms with van der Waals surface area (Å²) in [6.45, 7) is 8.62. The number of piperidine rings is 1. The van der Waals surface area contributed by atoms with Crippen molar-refractivity contribution in [1.82, 2.24) is 10.3 Å². The van der Waals surface area contributed by atoms with Gasteiger partial charge < -0.3 is 25.8 Å². The maximum Gasteiger partial charge on any atom is 0.408 e. The smallest absolute Gasteiger partial charge is 0.408 e. The van der Waals surface area contributed by atoms with E-state index in [0.717, 1.165) is 30.6 Å². The monoisotopic (exact) mass is 362 g/mol. The number of hydrogen-bond acceptors (Lipinski definition) is 6. The van der Waals surface area contributed by atoms with Gasteiger partial charge in [0.2, 0.25) is 0 Å². The molecule has 0 spiro atoms. The lowest BCUT2D eigenvalue weighted by Gasteiger charge is -2.42. The van der Waals surface area contributed by atoms with E-state index in [0.29, 0.717) is 18.8 Å². The number of nitrogens with one attached hydrogen (secondary N) is 1. The summed E-state index contributed by atoms with van der Waals surface area (Å²) < 4.78 is 5.35. The van der Waals surface area contributed by atoms with Gasteiger partial charge in [-0.1, -0.05) is 6.92 Å². The Hall–Kier alpha value is -2.02. The number of ether oxygens (including phenoxy) is 1. The molecular formula is C19H30N4O3. The number of aromatic nitrogens is 1. The molecule has 0 aromatic carbocycles. The van der Waals surface area contributed by atoms with Gasteiger partial charge in [0.15, 0.2) is 0 Å². The molecule has 7 nitrogen and oxygen atoms in total.